The molecule has 1 atom stereocenters. The molecule has 0 aliphatic heterocycles. The Balaban J connectivity index is 2.92. The van der Waals surface area contributed by atoms with Crippen molar-refractivity contribution in [1.29, 1.82) is 0 Å². The molecular weight excluding hydrogens is 216 g/mol. The van der Waals surface area contributed by atoms with Crippen molar-refractivity contribution in [3.63, 3.8) is 0 Å². The lowest BCUT2D eigenvalue weighted by Gasteiger charge is -2.24. The summed E-state index contributed by atoms with van der Waals surface area (Å²) in [5, 5.41) is 0. The number of anilines is 1. The summed E-state index contributed by atoms with van der Waals surface area (Å²) < 4.78 is 4.77. The van der Waals surface area contributed by atoms with Crippen LogP contribution in [0.15, 0.2) is 24.3 Å². The fourth-order valence-corrected chi connectivity index (χ4v) is 1.73. The molecule has 0 bridgehead atoms. The summed E-state index contributed by atoms with van der Waals surface area (Å²) in [7, 11) is 3.34. The third-order valence-electron chi connectivity index (χ3n) is 2.71. The first-order chi connectivity index (χ1) is 8.10. The van der Waals surface area contributed by atoms with Gasteiger partial charge < -0.3 is 15.4 Å². The maximum absolute atomic E-state index is 11.6. The monoisotopic (exact) mass is 236 g/mol. The maximum atomic E-state index is 11.6. The van der Waals surface area contributed by atoms with E-state index in [9.17, 15) is 4.79 Å². The normalized spacial score (nSPS) is 12.0. The van der Waals surface area contributed by atoms with Crippen LogP contribution in [0.25, 0.3) is 0 Å². The Morgan fingerprint density at radius 2 is 2.12 bits per heavy atom. The molecule has 1 unspecified atom stereocenters. The third-order valence-corrected chi connectivity index (χ3v) is 2.71. The molecule has 4 nitrogen and oxygen atoms in total. The topological polar surface area (TPSA) is 55.6 Å². The van der Waals surface area contributed by atoms with Crippen LogP contribution < -0.4 is 10.6 Å². The standard InChI is InChI=1S/C13H20N2O2/c1-10(8-14)9-15(2)12-7-5-4-6-11(12)13(16)17-3/h4-7,10H,8-9,14H2,1-3H3. The quantitative estimate of drug-likeness (QED) is 0.787. The SMILES string of the molecule is COC(=O)c1ccccc1N(C)CC(C)CN. The second-order valence-corrected chi connectivity index (χ2v) is 4.23. The van der Waals surface area contributed by atoms with Crippen LogP contribution in [0.5, 0.6) is 0 Å². The first-order valence-corrected chi connectivity index (χ1v) is 5.68. The van der Waals surface area contributed by atoms with E-state index in [1.165, 1.54) is 7.11 Å². The van der Waals surface area contributed by atoms with Crippen molar-refractivity contribution < 1.29 is 9.53 Å². The summed E-state index contributed by atoms with van der Waals surface area (Å²) in [5.41, 5.74) is 7.06. The van der Waals surface area contributed by atoms with Gasteiger partial charge in [0.25, 0.3) is 0 Å². The van der Waals surface area contributed by atoms with Crippen LogP contribution in [0, 0.1) is 5.92 Å². The molecular formula is C13H20N2O2. The van der Waals surface area contributed by atoms with Crippen molar-refractivity contribution in [3.8, 4) is 0 Å². The highest BCUT2D eigenvalue weighted by molar-refractivity contribution is 5.95. The predicted octanol–water partition coefficient (Wildman–Crippen LogP) is 1.50. The lowest BCUT2D eigenvalue weighted by Crippen LogP contribution is -2.29. The zero-order valence-electron chi connectivity index (χ0n) is 10.6. The molecule has 4 heteroatoms. The first-order valence-electron chi connectivity index (χ1n) is 5.68. The number of esters is 1. The largest absolute Gasteiger partial charge is 0.465 e. The number of methoxy groups -OCH3 is 1. The van der Waals surface area contributed by atoms with Crippen molar-refractivity contribution in [1.82, 2.24) is 0 Å². The van der Waals surface area contributed by atoms with Gasteiger partial charge in [0.15, 0.2) is 0 Å². The van der Waals surface area contributed by atoms with Gasteiger partial charge in [-0.2, -0.15) is 0 Å². The second kappa shape index (κ2) is 6.25. The molecule has 0 spiro atoms. The van der Waals surface area contributed by atoms with Crippen LogP contribution >= 0.6 is 0 Å². The van der Waals surface area contributed by atoms with Crippen LogP contribution in [-0.4, -0.2) is 33.2 Å². The van der Waals surface area contributed by atoms with Gasteiger partial charge >= 0.3 is 5.97 Å². The number of nitrogens with zero attached hydrogens (tertiary/aromatic N) is 1. The molecule has 17 heavy (non-hydrogen) atoms. The zero-order valence-corrected chi connectivity index (χ0v) is 10.6. The van der Waals surface area contributed by atoms with Gasteiger partial charge in [0.1, 0.15) is 0 Å². The average Bonchev–Trinajstić information content (AvgIpc) is 2.37. The van der Waals surface area contributed by atoms with Gasteiger partial charge in [0.05, 0.1) is 18.4 Å². The fraction of sp³-hybridized carbons (Fsp3) is 0.462. The van der Waals surface area contributed by atoms with Crippen molar-refractivity contribution in [3.05, 3.63) is 29.8 Å². The Morgan fingerprint density at radius 1 is 1.47 bits per heavy atom. The molecule has 94 valence electrons. The molecule has 0 radical (unpaired) electrons. The van der Waals surface area contributed by atoms with E-state index in [0.29, 0.717) is 18.0 Å². The zero-order chi connectivity index (χ0) is 12.8. The lowest BCUT2D eigenvalue weighted by molar-refractivity contribution is 0.0601. The molecule has 0 amide bonds. The van der Waals surface area contributed by atoms with Gasteiger partial charge in [-0.3, -0.25) is 0 Å². The number of benzene rings is 1. The minimum Gasteiger partial charge on any atom is -0.465 e. The Kier molecular flexibility index (Phi) is 4.97. The van der Waals surface area contributed by atoms with Gasteiger partial charge in [-0.1, -0.05) is 19.1 Å². The first kappa shape index (κ1) is 13.5. The number of para-hydroxylation sites is 1. The van der Waals surface area contributed by atoms with Gasteiger partial charge in [-0.25, -0.2) is 4.79 Å². The van der Waals surface area contributed by atoms with Gasteiger partial charge in [0, 0.05) is 13.6 Å². The van der Waals surface area contributed by atoms with Crippen LogP contribution in [0.4, 0.5) is 5.69 Å². The Labute approximate surface area is 102 Å². The smallest absolute Gasteiger partial charge is 0.339 e. The summed E-state index contributed by atoms with van der Waals surface area (Å²) in [6.45, 7) is 3.52. The van der Waals surface area contributed by atoms with Gasteiger partial charge in [0.2, 0.25) is 0 Å². The minimum absolute atomic E-state index is 0.312. The highest BCUT2D eigenvalue weighted by atomic mass is 16.5. The molecule has 0 fully saturated rings. The summed E-state index contributed by atoms with van der Waals surface area (Å²) in [4.78, 5) is 13.7. The summed E-state index contributed by atoms with van der Waals surface area (Å²) in [6, 6.07) is 7.42. The second-order valence-electron chi connectivity index (χ2n) is 4.23. The van der Waals surface area contributed by atoms with Crippen LogP contribution in [0.2, 0.25) is 0 Å². The molecule has 2 N–H and O–H groups in total. The number of carbonyl (C=O) groups is 1. The lowest BCUT2D eigenvalue weighted by atomic mass is 10.1. The molecule has 0 heterocycles. The third kappa shape index (κ3) is 3.46. The predicted molar refractivity (Wildman–Crippen MR) is 69.3 cm³/mol. The minimum atomic E-state index is -0.312. The van der Waals surface area contributed by atoms with E-state index in [1.807, 2.05) is 30.1 Å². The van der Waals surface area contributed by atoms with E-state index in [1.54, 1.807) is 6.07 Å². The molecule has 1 rings (SSSR count). The number of carbonyl (C=O) groups excluding carboxylic acids is 1. The van der Waals surface area contributed by atoms with Crippen molar-refractivity contribution in [2.24, 2.45) is 11.7 Å². The Bertz CT molecular complexity index is 379. The maximum Gasteiger partial charge on any atom is 0.339 e. The Morgan fingerprint density at radius 3 is 2.71 bits per heavy atom. The number of hydrogen-bond donors (Lipinski definition) is 1. The van der Waals surface area contributed by atoms with Gasteiger partial charge in [-0.15, -0.1) is 0 Å². The molecule has 1 aromatic carbocycles. The highest BCUT2D eigenvalue weighted by Crippen LogP contribution is 2.20. The van der Waals surface area contributed by atoms with E-state index >= 15 is 0 Å². The van der Waals surface area contributed by atoms with Crippen LogP contribution in [0.1, 0.15) is 17.3 Å². The molecule has 1 aromatic rings. The average molecular weight is 236 g/mol. The van der Waals surface area contributed by atoms with Crippen LogP contribution in [-0.2, 0) is 4.74 Å². The Hall–Kier alpha value is -1.55. The molecule has 0 aromatic heterocycles. The van der Waals surface area contributed by atoms with Crippen molar-refractivity contribution in [2.75, 3.05) is 32.1 Å². The van der Waals surface area contributed by atoms with E-state index in [-0.39, 0.29) is 5.97 Å². The number of ether oxygens (including phenoxy) is 1. The molecule has 0 saturated carbocycles. The molecule has 0 aliphatic carbocycles. The van der Waals surface area contributed by atoms with E-state index in [2.05, 4.69) is 6.92 Å². The number of nitrogens with two attached hydrogens (primary N) is 1. The number of hydrogen-bond acceptors (Lipinski definition) is 4. The fourth-order valence-electron chi connectivity index (χ4n) is 1.73. The molecule has 0 aliphatic rings. The summed E-state index contributed by atoms with van der Waals surface area (Å²) >= 11 is 0. The highest BCUT2D eigenvalue weighted by Gasteiger charge is 2.15. The van der Waals surface area contributed by atoms with Crippen molar-refractivity contribution >= 4 is 11.7 Å². The van der Waals surface area contributed by atoms with Crippen LogP contribution in [0.3, 0.4) is 0 Å². The van der Waals surface area contributed by atoms with E-state index in [0.717, 1.165) is 12.2 Å². The van der Waals surface area contributed by atoms with E-state index in [4.69, 9.17) is 10.5 Å². The summed E-state index contributed by atoms with van der Waals surface area (Å²) in [6.07, 6.45) is 0. The molecule has 0 saturated heterocycles. The van der Waals surface area contributed by atoms with E-state index < -0.39 is 0 Å². The van der Waals surface area contributed by atoms with Gasteiger partial charge in [-0.05, 0) is 24.6 Å². The number of rotatable bonds is 5. The summed E-state index contributed by atoms with van der Waals surface area (Å²) in [5.74, 6) is 0.0681. The van der Waals surface area contributed by atoms with Crippen molar-refractivity contribution in [2.45, 2.75) is 6.92 Å².